The van der Waals surface area contributed by atoms with Gasteiger partial charge >= 0.3 is 19.8 Å². The lowest BCUT2D eigenvalue weighted by Crippen LogP contribution is -2.37. The Kier molecular flexibility index (Phi) is 9.19. The molecule has 0 aliphatic carbocycles. The summed E-state index contributed by atoms with van der Waals surface area (Å²) < 4.78 is 17.3. The van der Waals surface area contributed by atoms with Crippen LogP contribution < -0.4 is 9.61 Å². The van der Waals surface area contributed by atoms with E-state index in [2.05, 4.69) is 11.7 Å². The number of ether oxygens (including phenoxy) is 2. The molecule has 2 N–H and O–H groups in total. The molecule has 34 heavy (non-hydrogen) atoms. The number of rotatable bonds is 12. The highest BCUT2D eigenvalue weighted by atomic mass is 32.1. The molecule has 0 saturated heterocycles. The number of hydrogen-bond donors (Lipinski definition) is 2. The average Bonchev–Trinajstić information content (AvgIpc) is 3.24. The van der Waals surface area contributed by atoms with Crippen LogP contribution in [0.4, 0.5) is 0 Å². The van der Waals surface area contributed by atoms with E-state index in [1.54, 1.807) is 25.1 Å². The van der Waals surface area contributed by atoms with Crippen LogP contribution in [-0.4, -0.2) is 36.1 Å². The van der Waals surface area contributed by atoms with Crippen molar-refractivity contribution in [1.82, 2.24) is 5.09 Å². The molecule has 0 spiro atoms. The fourth-order valence-electron chi connectivity index (χ4n) is 3.19. The second kappa shape index (κ2) is 12.1. The predicted molar refractivity (Wildman–Crippen MR) is 136 cm³/mol. The Morgan fingerprint density at radius 2 is 1.94 bits per heavy atom. The minimum Gasteiger partial charge on any atom is -0.464 e. The van der Waals surface area contributed by atoms with Gasteiger partial charge in [-0.25, -0.2) is 4.79 Å². The van der Waals surface area contributed by atoms with Gasteiger partial charge in [-0.05, 0) is 54.6 Å². The number of thiophene rings is 1. The maximum Gasteiger partial charge on any atom is 0.396 e. The van der Waals surface area contributed by atoms with Crippen molar-refractivity contribution >= 4 is 41.2 Å². The summed E-state index contributed by atoms with van der Waals surface area (Å²) in [6, 6.07) is 15.6. The standard InChI is InChI=1S/C25H29NO6PS/c1-4-13-30-24(27)18(3)26-33(29,32-21-9-7-6-8-10-21)17-19-11-12-22-20(15-19)16-23(34-22)25(28)31-14-5-2/h5-12,15-16,18,26,29H,2,4,13-14,17H2,1,3H3/q+1/t18-,33?/m0/s1. The maximum atomic E-state index is 12.3. The SMILES string of the molecule is C=CCOC(=O)c1cc2cc(C[P+](O)(N[C@@H](C)C(=O)OCCC)Oc3ccccc3)ccc2s1. The summed E-state index contributed by atoms with van der Waals surface area (Å²) in [4.78, 5) is 36.5. The minimum atomic E-state index is -3.31. The summed E-state index contributed by atoms with van der Waals surface area (Å²) in [5.74, 6) is -0.364. The normalized spacial score (nSPS) is 13.6. The average molecular weight is 503 g/mol. The third-order valence-corrected chi connectivity index (χ3v) is 7.90. The molecule has 7 nitrogen and oxygen atoms in total. The summed E-state index contributed by atoms with van der Waals surface area (Å²) in [5, 5.41) is 3.84. The molecule has 3 rings (SSSR count). The van der Waals surface area contributed by atoms with Crippen LogP contribution in [-0.2, 0) is 20.4 Å². The Labute approximate surface area is 203 Å². The molecular formula is C25H29NO6PS+. The van der Waals surface area contributed by atoms with E-state index in [9.17, 15) is 14.5 Å². The van der Waals surface area contributed by atoms with Gasteiger partial charge in [0.25, 0.3) is 0 Å². The summed E-state index contributed by atoms with van der Waals surface area (Å²) >= 11 is 1.34. The summed E-state index contributed by atoms with van der Waals surface area (Å²) in [6.45, 7) is 7.57. The molecule has 0 aliphatic rings. The van der Waals surface area contributed by atoms with Gasteiger partial charge in [0.1, 0.15) is 17.5 Å². The fraction of sp³-hybridized carbons (Fsp3) is 0.280. The lowest BCUT2D eigenvalue weighted by molar-refractivity contribution is -0.145. The molecule has 0 amide bonds. The Morgan fingerprint density at radius 3 is 2.65 bits per heavy atom. The molecule has 0 bridgehead atoms. The first kappa shape index (κ1) is 25.8. The van der Waals surface area contributed by atoms with Crippen LogP contribution >= 0.6 is 19.2 Å². The van der Waals surface area contributed by atoms with E-state index in [1.165, 1.54) is 17.4 Å². The smallest absolute Gasteiger partial charge is 0.396 e. The first-order valence-electron chi connectivity index (χ1n) is 10.9. The van der Waals surface area contributed by atoms with Gasteiger partial charge in [-0.3, -0.25) is 9.32 Å². The highest BCUT2D eigenvalue weighted by molar-refractivity contribution is 7.63. The summed E-state index contributed by atoms with van der Waals surface area (Å²) in [5.41, 5.74) is 0.796. The van der Waals surface area contributed by atoms with Crippen LogP contribution in [0, 0.1) is 0 Å². The maximum absolute atomic E-state index is 12.3. The zero-order valence-electron chi connectivity index (χ0n) is 19.2. The van der Waals surface area contributed by atoms with Gasteiger partial charge in [0.15, 0.2) is 11.9 Å². The molecule has 0 fully saturated rings. The number of hydrogen-bond acceptors (Lipinski definition) is 8. The molecule has 180 valence electrons. The molecule has 2 atom stereocenters. The number of para-hydroxylation sites is 1. The van der Waals surface area contributed by atoms with E-state index in [1.807, 2.05) is 43.3 Å². The Hall–Kier alpha value is -2.77. The van der Waals surface area contributed by atoms with Gasteiger partial charge in [0.2, 0.25) is 0 Å². The molecule has 0 radical (unpaired) electrons. The van der Waals surface area contributed by atoms with Crippen molar-refractivity contribution in [1.29, 1.82) is 0 Å². The van der Waals surface area contributed by atoms with E-state index < -0.39 is 25.8 Å². The van der Waals surface area contributed by atoms with Crippen molar-refractivity contribution in [3.8, 4) is 5.75 Å². The van der Waals surface area contributed by atoms with Gasteiger partial charge in [0, 0.05) is 4.70 Å². The molecule has 3 aromatic rings. The van der Waals surface area contributed by atoms with E-state index in [0.29, 0.717) is 23.7 Å². The van der Waals surface area contributed by atoms with Gasteiger partial charge < -0.3 is 9.47 Å². The van der Waals surface area contributed by atoms with Gasteiger partial charge in [-0.1, -0.05) is 43.8 Å². The number of carbonyl (C=O) groups is 2. The van der Waals surface area contributed by atoms with Crippen LogP contribution in [0.15, 0.2) is 67.3 Å². The van der Waals surface area contributed by atoms with Gasteiger partial charge in [-0.2, -0.15) is 4.89 Å². The zero-order chi connectivity index (χ0) is 24.6. The predicted octanol–water partition coefficient (Wildman–Crippen LogP) is 5.51. The monoisotopic (exact) mass is 502 g/mol. The van der Waals surface area contributed by atoms with Gasteiger partial charge in [-0.15, -0.1) is 16.4 Å². The molecule has 1 aromatic heterocycles. The number of benzene rings is 2. The van der Waals surface area contributed by atoms with Crippen molar-refractivity contribution in [2.24, 2.45) is 0 Å². The molecular weight excluding hydrogens is 473 g/mol. The van der Waals surface area contributed by atoms with Crippen molar-refractivity contribution < 1.29 is 28.5 Å². The zero-order valence-corrected chi connectivity index (χ0v) is 20.9. The lowest BCUT2D eigenvalue weighted by atomic mass is 10.2. The van der Waals surface area contributed by atoms with Crippen molar-refractivity contribution in [3.05, 3.63) is 77.7 Å². The highest BCUT2D eigenvalue weighted by Gasteiger charge is 2.43. The quantitative estimate of drug-likeness (QED) is 0.192. The minimum absolute atomic E-state index is 0.148. The number of fused-ring (bicyclic) bond motifs is 1. The first-order valence-corrected chi connectivity index (χ1v) is 13.6. The van der Waals surface area contributed by atoms with Crippen LogP contribution in [0.2, 0.25) is 0 Å². The van der Waals surface area contributed by atoms with E-state index in [4.69, 9.17) is 14.0 Å². The summed E-state index contributed by atoms with van der Waals surface area (Å²) in [6.07, 6.45) is 2.38. The van der Waals surface area contributed by atoms with E-state index in [0.717, 1.165) is 15.6 Å². The lowest BCUT2D eigenvalue weighted by Gasteiger charge is -2.22. The van der Waals surface area contributed by atoms with Crippen LogP contribution in [0.3, 0.4) is 0 Å². The summed E-state index contributed by atoms with van der Waals surface area (Å²) in [7, 11) is -3.31. The molecule has 0 aliphatic heterocycles. The molecule has 0 saturated carbocycles. The Balaban J connectivity index is 1.83. The largest absolute Gasteiger partial charge is 0.464 e. The molecule has 2 aromatic carbocycles. The number of carbonyl (C=O) groups excluding carboxylic acids is 2. The van der Waals surface area contributed by atoms with Crippen molar-refractivity contribution in [3.63, 3.8) is 0 Å². The molecule has 1 unspecified atom stereocenters. The Bertz CT molecular complexity index is 1130. The highest BCUT2D eigenvalue weighted by Crippen LogP contribution is 2.55. The second-order valence-electron chi connectivity index (χ2n) is 7.65. The van der Waals surface area contributed by atoms with E-state index in [-0.39, 0.29) is 12.8 Å². The van der Waals surface area contributed by atoms with E-state index >= 15 is 0 Å². The van der Waals surface area contributed by atoms with Crippen LogP contribution in [0.5, 0.6) is 5.75 Å². The van der Waals surface area contributed by atoms with Crippen LogP contribution in [0.25, 0.3) is 10.1 Å². The third-order valence-electron chi connectivity index (χ3n) is 4.71. The first-order chi connectivity index (χ1) is 16.3. The number of esters is 2. The molecule has 9 heteroatoms. The van der Waals surface area contributed by atoms with Crippen molar-refractivity contribution in [2.45, 2.75) is 32.5 Å². The van der Waals surface area contributed by atoms with Crippen LogP contribution in [0.1, 0.15) is 35.5 Å². The van der Waals surface area contributed by atoms with Gasteiger partial charge in [0.05, 0.1) is 6.61 Å². The topological polar surface area (TPSA) is 94.1 Å². The van der Waals surface area contributed by atoms with Crippen molar-refractivity contribution in [2.75, 3.05) is 13.2 Å². The second-order valence-corrected chi connectivity index (χ2v) is 10.9. The molecule has 1 heterocycles. The third kappa shape index (κ3) is 7.11. The fourth-order valence-corrected chi connectivity index (χ4v) is 6.21. The number of nitrogens with one attached hydrogen (secondary N) is 1. The Morgan fingerprint density at radius 1 is 1.18 bits per heavy atom.